The summed E-state index contributed by atoms with van der Waals surface area (Å²) in [4.78, 5) is 0. The molecule has 0 atom stereocenters. The molecule has 146 valence electrons. The van der Waals surface area contributed by atoms with Gasteiger partial charge in [-0.25, -0.2) is 0 Å². The molecule has 0 saturated heterocycles. The van der Waals surface area contributed by atoms with Gasteiger partial charge in [-0.3, -0.25) is 0 Å². The zero-order chi connectivity index (χ0) is 15.6. The van der Waals surface area contributed by atoms with E-state index in [1.807, 2.05) is 0 Å². The molecule has 23 heavy (non-hydrogen) atoms. The average molecular weight is 356 g/mol. The third kappa shape index (κ3) is 16.8. The minimum atomic E-state index is 0. The van der Waals surface area contributed by atoms with E-state index >= 15 is 0 Å². The molecule has 0 saturated carbocycles. The van der Waals surface area contributed by atoms with Crippen LogP contribution in [0.2, 0.25) is 0 Å². The van der Waals surface area contributed by atoms with E-state index in [0.29, 0.717) is 0 Å². The number of unbranched alkanes of at least 4 members (excludes halogenated alkanes) is 1. The number of halogens is 1. The monoisotopic (exact) mass is 355 g/mol. The molecule has 0 unspecified atom stereocenters. The van der Waals surface area contributed by atoms with E-state index in [-0.39, 0.29) is 23.4 Å². The van der Waals surface area contributed by atoms with Gasteiger partial charge in [0.2, 0.25) is 0 Å². The van der Waals surface area contributed by atoms with Crippen LogP contribution < -0.4 is 12.4 Å². The Morgan fingerprint density at radius 2 is 0.913 bits per heavy atom. The van der Waals surface area contributed by atoms with Crippen LogP contribution in [0, 0.1) is 17.8 Å². The van der Waals surface area contributed by atoms with Crippen LogP contribution in [-0.2, 0) is 0 Å². The Balaban J connectivity index is -0.000000602. The van der Waals surface area contributed by atoms with Crippen LogP contribution >= 0.6 is 0 Å². The molecule has 0 bridgehead atoms. The molecule has 0 rings (SSSR count). The van der Waals surface area contributed by atoms with Gasteiger partial charge in [-0.1, -0.05) is 54.9 Å². The lowest BCUT2D eigenvalue weighted by Crippen LogP contribution is -3.00. The topological polar surface area (TPSA) is 63.0 Å². The van der Waals surface area contributed by atoms with Crippen molar-refractivity contribution in [2.24, 2.45) is 17.8 Å². The zero-order valence-corrected chi connectivity index (χ0v) is 17.7. The zero-order valence-electron chi connectivity index (χ0n) is 16.9. The summed E-state index contributed by atoms with van der Waals surface area (Å²) in [5, 5.41) is 0. The van der Waals surface area contributed by atoms with Gasteiger partial charge in [-0.15, -0.1) is 0 Å². The van der Waals surface area contributed by atoms with Gasteiger partial charge in [0.05, 0.1) is 26.2 Å². The molecule has 0 fully saturated rings. The van der Waals surface area contributed by atoms with E-state index in [1.165, 1.54) is 62.8 Å². The highest BCUT2D eigenvalue weighted by atomic mass is 35.5. The lowest BCUT2D eigenvalue weighted by atomic mass is 10.0. The van der Waals surface area contributed by atoms with Crippen molar-refractivity contribution in [1.82, 2.24) is 0 Å². The molecule has 0 aromatic heterocycles. The molecule has 4 N–H and O–H groups in total. The van der Waals surface area contributed by atoms with Crippen molar-refractivity contribution in [3.05, 3.63) is 0 Å². The van der Waals surface area contributed by atoms with E-state index < -0.39 is 0 Å². The fourth-order valence-electron chi connectivity index (χ4n) is 2.76. The van der Waals surface area contributed by atoms with E-state index in [2.05, 4.69) is 48.5 Å². The summed E-state index contributed by atoms with van der Waals surface area (Å²) >= 11 is 0. The van der Waals surface area contributed by atoms with Crippen LogP contribution in [0.5, 0.6) is 0 Å². The molecule has 0 spiro atoms. The maximum Gasteiger partial charge on any atom is 0.0789 e. The van der Waals surface area contributed by atoms with Gasteiger partial charge in [-0.05, 0) is 43.4 Å². The largest absolute Gasteiger partial charge is 1.00 e. The normalized spacial score (nSPS) is 11.2. The summed E-state index contributed by atoms with van der Waals surface area (Å²) < 4.78 is 1.39. The van der Waals surface area contributed by atoms with Crippen LogP contribution in [0.15, 0.2) is 0 Å². The maximum absolute atomic E-state index is 2.37. The quantitative estimate of drug-likeness (QED) is 0.470. The van der Waals surface area contributed by atoms with Crippen LogP contribution in [0.4, 0.5) is 0 Å². The molecule has 3 nitrogen and oxygen atoms in total. The van der Waals surface area contributed by atoms with Crippen molar-refractivity contribution in [2.75, 3.05) is 26.2 Å². The summed E-state index contributed by atoms with van der Waals surface area (Å²) in [7, 11) is 0. The second kappa shape index (κ2) is 17.0. The van der Waals surface area contributed by atoms with Crippen molar-refractivity contribution >= 4 is 0 Å². The maximum atomic E-state index is 2.37. The first kappa shape index (κ1) is 31.0. The van der Waals surface area contributed by atoms with E-state index in [4.69, 9.17) is 0 Å². The Kier molecular flexibility index (Phi) is 22.9. The number of nitrogens with zero attached hydrogens (tertiary/aromatic N) is 1. The Bertz CT molecular complexity index is 202. The standard InChI is InChI=1S/C19H42N.ClH.2H2O/c1-8-9-13-20(14-10-17(2)3,15-11-18(4)5)16-12-19(6)7;;;/h17-19H,8-16H2,1-7H3;1H;2*1H2/q+1;;;/p-1. The summed E-state index contributed by atoms with van der Waals surface area (Å²) in [6.07, 6.45) is 6.90. The van der Waals surface area contributed by atoms with Crippen LogP contribution in [0.1, 0.15) is 80.6 Å². The van der Waals surface area contributed by atoms with Crippen molar-refractivity contribution in [2.45, 2.75) is 80.6 Å². The minimum absolute atomic E-state index is 0. The summed E-state index contributed by atoms with van der Waals surface area (Å²) in [6, 6.07) is 0. The van der Waals surface area contributed by atoms with Gasteiger partial charge < -0.3 is 27.8 Å². The molecule has 0 aliphatic carbocycles. The molecule has 0 aliphatic rings. The summed E-state index contributed by atoms with van der Waals surface area (Å²) in [6.45, 7) is 22.2. The van der Waals surface area contributed by atoms with E-state index in [1.54, 1.807) is 0 Å². The second-order valence-corrected chi connectivity index (χ2v) is 8.14. The van der Waals surface area contributed by atoms with Gasteiger partial charge in [-0.2, -0.15) is 0 Å². The minimum Gasteiger partial charge on any atom is -1.00 e. The highest BCUT2D eigenvalue weighted by molar-refractivity contribution is 4.55. The van der Waals surface area contributed by atoms with Crippen LogP contribution in [-0.4, -0.2) is 41.6 Å². The van der Waals surface area contributed by atoms with Crippen molar-refractivity contribution in [1.29, 1.82) is 0 Å². The molecule has 0 radical (unpaired) electrons. The molecule has 0 heterocycles. The van der Waals surface area contributed by atoms with E-state index in [0.717, 1.165) is 17.8 Å². The number of quaternary nitrogens is 1. The highest BCUT2D eigenvalue weighted by Gasteiger charge is 2.27. The number of hydrogen-bond donors (Lipinski definition) is 0. The number of rotatable bonds is 12. The SMILES string of the molecule is CCCC[N+](CCC(C)C)(CCC(C)C)CCC(C)C.O.O.[Cl-]. The van der Waals surface area contributed by atoms with Gasteiger partial charge in [0, 0.05) is 0 Å². The first-order valence-electron chi connectivity index (χ1n) is 9.16. The summed E-state index contributed by atoms with van der Waals surface area (Å²) in [5.74, 6) is 2.52. The Morgan fingerprint density at radius 3 is 1.13 bits per heavy atom. The van der Waals surface area contributed by atoms with Gasteiger partial charge in [0.25, 0.3) is 0 Å². The summed E-state index contributed by atoms with van der Waals surface area (Å²) in [5.41, 5.74) is 0. The van der Waals surface area contributed by atoms with Gasteiger partial charge >= 0.3 is 0 Å². The molecule has 4 heteroatoms. The lowest BCUT2D eigenvalue weighted by Gasteiger charge is -2.40. The average Bonchev–Trinajstić information content (AvgIpc) is 2.36. The van der Waals surface area contributed by atoms with Crippen LogP contribution in [0.25, 0.3) is 0 Å². The lowest BCUT2D eigenvalue weighted by molar-refractivity contribution is -0.929. The molecule has 0 aromatic carbocycles. The predicted octanol–water partition coefficient (Wildman–Crippen LogP) is 1.10. The Morgan fingerprint density at radius 1 is 0.609 bits per heavy atom. The van der Waals surface area contributed by atoms with Gasteiger partial charge in [0.1, 0.15) is 0 Å². The Labute approximate surface area is 152 Å². The van der Waals surface area contributed by atoms with Crippen molar-refractivity contribution < 1.29 is 27.8 Å². The molecular formula is C19H46ClNO2. The molecular weight excluding hydrogens is 310 g/mol. The van der Waals surface area contributed by atoms with E-state index in [9.17, 15) is 0 Å². The fraction of sp³-hybridized carbons (Fsp3) is 1.00. The second-order valence-electron chi connectivity index (χ2n) is 8.14. The number of hydrogen-bond acceptors (Lipinski definition) is 0. The van der Waals surface area contributed by atoms with Crippen molar-refractivity contribution in [3.8, 4) is 0 Å². The fourth-order valence-corrected chi connectivity index (χ4v) is 2.76. The first-order valence-corrected chi connectivity index (χ1v) is 9.16. The predicted molar refractivity (Wildman–Crippen MR) is 100 cm³/mol. The highest BCUT2D eigenvalue weighted by Crippen LogP contribution is 2.20. The van der Waals surface area contributed by atoms with Gasteiger partial charge in [0.15, 0.2) is 0 Å². The first-order chi connectivity index (χ1) is 9.31. The molecule has 0 aromatic rings. The Hall–Kier alpha value is 0.170. The van der Waals surface area contributed by atoms with Crippen LogP contribution in [0.3, 0.4) is 0 Å². The molecule has 0 aliphatic heterocycles. The third-order valence-corrected chi connectivity index (χ3v) is 4.53. The third-order valence-electron chi connectivity index (χ3n) is 4.53. The van der Waals surface area contributed by atoms with Crippen molar-refractivity contribution in [3.63, 3.8) is 0 Å². The molecule has 0 amide bonds. The smallest absolute Gasteiger partial charge is 0.0789 e.